The fourth-order valence-corrected chi connectivity index (χ4v) is 1.40. The molecule has 1 N–H and O–H groups in total. The van der Waals surface area contributed by atoms with Crippen LogP contribution in [0.4, 0.5) is 5.69 Å². The average molecular weight is 241 g/mol. The summed E-state index contributed by atoms with van der Waals surface area (Å²) in [5.41, 5.74) is 1.71. The van der Waals surface area contributed by atoms with Gasteiger partial charge in [-0.1, -0.05) is 29.8 Å². The van der Waals surface area contributed by atoms with Gasteiger partial charge in [-0.2, -0.15) is 0 Å². The van der Waals surface area contributed by atoms with E-state index >= 15 is 0 Å². The molecular weight excluding hydrogens is 222 g/mol. The third-order valence-electron chi connectivity index (χ3n) is 1.69. The normalized spacial score (nSPS) is 10.8. The predicted octanol–water partition coefficient (Wildman–Crippen LogP) is 2.95. The quantitative estimate of drug-likeness (QED) is 0.809. The molecule has 0 atom stereocenters. The van der Waals surface area contributed by atoms with E-state index in [9.17, 15) is 8.42 Å². The summed E-state index contributed by atoms with van der Waals surface area (Å²) in [7, 11) is -3.14. The van der Waals surface area contributed by atoms with Crippen molar-refractivity contribution in [1.29, 1.82) is 0 Å². The van der Waals surface area contributed by atoms with E-state index < -0.39 is 10.0 Å². The lowest BCUT2D eigenvalue weighted by atomic mass is 10.2. The Bertz CT molecular complexity index is 415. The number of rotatable bonds is 2. The zero-order valence-corrected chi connectivity index (χ0v) is 11.0. The summed E-state index contributed by atoms with van der Waals surface area (Å²) < 4.78 is 23.9. The first-order valence-electron chi connectivity index (χ1n) is 5.01. The van der Waals surface area contributed by atoms with Gasteiger partial charge in [0, 0.05) is 5.69 Å². The van der Waals surface area contributed by atoms with Crippen molar-refractivity contribution in [2.24, 2.45) is 0 Å². The average Bonchev–Trinajstić information content (AvgIpc) is 2.20. The van der Waals surface area contributed by atoms with Crippen molar-refractivity contribution in [2.75, 3.05) is 11.0 Å². The van der Waals surface area contributed by atoms with Crippen molar-refractivity contribution >= 4 is 15.7 Å². The molecule has 0 aromatic heterocycles. The fraction of sp³-hybridized carbons (Fsp3) is 0.333. The molecule has 3 nitrogen and oxygen atoms in total. The maximum absolute atomic E-state index is 10.8. The first-order chi connectivity index (χ1) is 7.39. The molecule has 0 radical (unpaired) electrons. The number of sulfonamides is 1. The molecule has 0 aliphatic carbocycles. The van der Waals surface area contributed by atoms with E-state index in [1.165, 1.54) is 0 Å². The van der Waals surface area contributed by atoms with Gasteiger partial charge in [-0.3, -0.25) is 4.72 Å². The molecular formula is C12H19NO2S. The lowest BCUT2D eigenvalue weighted by molar-refractivity contribution is 0.607. The molecule has 1 aromatic carbocycles. The molecule has 16 heavy (non-hydrogen) atoms. The second kappa shape index (κ2) is 7.06. The van der Waals surface area contributed by atoms with Gasteiger partial charge in [0.05, 0.1) is 6.26 Å². The van der Waals surface area contributed by atoms with E-state index in [1.54, 1.807) is 12.1 Å². The van der Waals surface area contributed by atoms with Gasteiger partial charge in [0.2, 0.25) is 10.0 Å². The van der Waals surface area contributed by atoms with Crippen LogP contribution in [0.2, 0.25) is 0 Å². The van der Waals surface area contributed by atoms with Crippen molar-refractivity contribution in [2.45, 2.75) is 20.8 Å². The molecule has 1 rings (SSSR count). The highest BCUT2D eigenvalue weighted by Crippen LogP contribution is 2.09. The van der Waals surface area contributed by atoms with Crippen molar-refractivity contribution in [3.05, 3.63) is 42.0 Å². The minimum absolute atomic E-state index is 0.600. The minimum Gasteiger partial charge on any atom is -0.284 e. The fourth-order valence-electron chi connectivity index (χ4n) is 0.836. The van der Waals surface area contributed by atoms with Crippen molar-refractivity contribution < 1.29 is 8.42 Å². The van der Waals surface area contributed by atoms with Crippen LogP contribution in [0.1, 0.15) is 19.4 Å². The first-order valence-corrected chi connectivity index (χ1v) is 6.90. The van der Waals surface area contributed by atoms with E-state index in [0.29, 0.717) is 5.69 Å². The lowest BCUT2D eigenvalue weighted by Crippen LogP contribution is -2.09. The molecule has 0 spiro atoms. The van der Waals surface area contributed by atoms with Gasteiger partial charge < -0.3 is 0 Å². The molecule has 1 aromatic rings. The smallest absolute Gasteiger partial charge is 0.229 e. The lowest BCUT2D eigenvalue weighted by Gasteiger charge is -2.02. The number of aryl methyl sites for hydroxylation is 1. The largest absolute Gasteiger partial charge is 0.284 e. The van der Waals surface area contributed by atoms with Crippen molar-refractivity contribution in [3.8, 4) is 0 Å². The van der Waals surface area contributed by atoms with Crippen LogP contribution in [0.15, 0.2) is 36.4 Å². The molecule has 0 unspecified atom stereocenters. The summed E-state index contributed by atoms with van der Waals surface area (Å²) >= 11 is 0. The predicted molar refractivity (Wildman–Crippen MR) is 70.1 cm³/mol. The molecule has 0 bridgehead atoms. The van der Waals surface area contributed by atoms with Gasteiger partial charge in [-0.25, -0.2) is 8.42 Å². The number of allylic oxidation sites excluding steroid dienone is 2. The Hall–Kier alpha value is -1.29. The second-order valence-electron chi connectivity index (χ2n) is 3.41. The van der Waals surface area contributed by atoms with E-state index in [4.69, 9.17) is 0 Å². The Labute approximate surface area is 98.2 Å². The minimum atomic E-state index is -3.14. The maximum atomic E-state index is 10.8. The molecule has 0 amide bonds. The van der Waals surface area contributed by atoms with Crippen molar-refractivity contribution in [1.82, 2.24) is 0 Å². The summed E-state index contributed by atoms with van der Waals surface area (Å²) in [5, 5.41) is 0. The molecule has 4 heteroatoms. The maximum Gasteiger partial charge on any atom is 0.229 e. The van der Waals surface area contributed by atoms with Crippen LogP contribution in [0.3, 0.4) is 0 Å². The molecule has 0 heterocycles. The summed E-state index contributed by atoms with van der Waals surface area (Å²) in [4.78, 5) is 0. The molecule has 0 saturated carbocycles. The molecule has 0 fully saturated rings. The standard InChI is InChI=1S/C8H11NO2S.C4H8/c1-7-3-5-8(6-4-7)9-12(2,10)11;1-3-4-2/h3-6,9H,1-2H3;3-4H,1-2H3/b;4-3-. The van der Waals surface area contributed by atoms with Crippen LogP contribution < -0.4 is 4.72 Å². The highest BCUT2D eigenvalue weighted by Gasteiger charge is 1.99. The third-order valence-corrected chi connectivity index (χ3v) is 2.29. The number of benzene rings is 1. The highest BCUT2D eigenvalue weighted by molar-refractivity contribution is 7.92. The van der Waals surface area contributed by atoms with E-state index in [-0.39, 0.29) is 0 Å². The Balaban J connectivity index is 0.000000487. The Morgan fingerprint density at radius 3 is 1.81 bits per heavy atom. The van der Waals surface area contributed by atoms with Gasteiger partial charge in [0.25, 0.3) is 0 Å². The number of hydrogen-bond donors (Lipinski definition) is 1. The summed E-state index contributed by atoms with van der Waals surface area (Å²) in [6.07, 6.45) is 5.13. The summed E-state index contributed by atoms with van der Waals surface area (Å²) in [6.45, 7) is 5.95. The summed E-state index contributed by atoms with van der Waals surface area (Å²) in [6, 6.07) is 7.17. The van der Waals surface area contributed by atoms with Crippen LogP contribution >= 0.6 is 0 Å². The zero-order valence-electron chi connectivity index (χ0n) is 10.2. The second-order valence-corrected chi connectivity index (χ2v) is 5.16. The first kappa shape index (κ1) is 14.7. The van der Waals surface area contributed by atoms with Crippen LogP contribution in [-0.2, 0) is 10.0 Å². The van der Waals surface area contributed by atoms with Gasteiger partial charge in [-0.15, -0.1) is 0 Å². The van der Waals surface area contributed by atoms with E-state index in [0.717, 1.165) is 11.8 Å². The van der Waals surface area contributed by atoms with Gasteiger partial charge in [0.1, 0.15) is 0 Å². The van der Waals surface area contributed by atoms with E-state index in [1.807, 2.05) is 45.1 Å². The van der Waals surface area contributed by atoms with E-state index in [2.05, 4.69) is 4.72 Å². The monoisotopic (exact) mass is 241 g/mol. The van der Waals surface area contributed by atoms with Crippen molar-refractivity contribution in [3.63, 3.8) is 0 Å². The topological polar surface area (TPSA) is 46.2 Å². The SMILES string of the molecule is C/C=C\C.Cc1ccc(NS(C)(=O)=O)cc1. The molecule has 0 saturated heterocycles. The van der Waals surface area contributed by atoms with Crippen LogP contribution in [0.25, 0.3) is 0 Å². The van der Waals surface area contributed by atoms with Gasteiger partial charge in [0.15, 0.2) is 0 Å². The molecule has 90 valence electrons. The van der Waals surface area contributed by atoms with Gasteiger partial charge >= 0.3 is 0 Å². The van der Waals surface area contributed by atoms with Gasteiger partial charge in [-0.05, 0) is 32.9 Å². The summed E-state index contributed by atoms with van der Waals surface area (Å²) in [5.74, 6) is 0. The van der Waals surface area contributed by atoms with Crippen LogP contribution in [0, 0.1) is 6.92 Å². The molecule has 0 aliphatic heterocycles. The Morgan fingerprint density at radius 1 is 1.06 bits per heavy atom. The van der Waals surface area contributed by atoms with Crippen LogP contribution in [0.5, 0.6) is 0 Å². The Morgan fingerprint density at radius 2 is 1.50 bits per heavy atom. The van der Waals surface area contributed by atoms with Crippen LogP contribution in [-0.4, -0.2) is 14.7 Å². The zero-order chi connectivity index (χ0) is 12.6. The highest BCUT2D eigenvalue weighted by atomic mass is 32.2. The number of anilines is 1. The number of nitrogens with one attached hydrogen (secondary N) is 1. The Kier molecular flexibility index (Phi) is 6.49. The number of hydrogen-bond acceptors (Lipinski definition) is 2. The molecule has 0 aliphatic rings. The third kappa shape index (κ3) is 8.05.